The van der Waals surface area contributed by atoms with Crippen LogP contribution in [0.15, 0.2) is 12.1 Å². The number of carbonyl (C=O) groups is 2. The van der Waals surface area contributed by atoms with Crippen LogP contribution in [0.2, 0.25) is 0 Å². The molecule has 0 saturated heterocycles. The van der Waals surface area contributed by atoms with Gasteiger partial charge in [-0.1, -0.05) is 0 Å². The molecular weight excluding hydrogens is 290 g/mol. The number of benzene rings is 1. The van der Waals surface area contributed by atoms with Crippen LogP contribution in [0, 0.1) is 0 Å². The van der Waals surface area contributed by atoms with Gasteiger partial charge in [-0.05, 0) is 44.9 Å². The summed E-state index contributed by atoms with van der Waals surface area (Å²) in [6.45, 7) is 5.16. The minimum absolute atomic E-state index is 0.0696. The summed E-state index contributed by atoms with van der Waals surface area (Å²) in [6, 6.07) is 3.02. The molecule has 0 aliphatic rings. The van der Waals surface area contributed by atoms with E-state index in [4.69, 9.17) is 14.6 Å². The predicted octanol–water partition coefficient (Wildman–Crippen LogP) is 2.77. The van der Waals surface area contributed by atoms with Crippen LogP contribution in [0.25, 0.3) is 0 Å². The molecule has 0 heterocycles. The molecule has 0 aromatic heterocycles. The number of carboxylic acid groups (broad SMARTS) is 1. The van der Waals surface area contributed by atoms with Crippen molar-refractivity contribution < 1.29 is 29.3 Å². The molecule has 0 saturated carbocycles. The average molecular weight is 311 g/mol. The average Bonchev–Trinajstić information content (AvgIpc) is 2.37. The molecule has 0 aliphatic carbocycles. The molecule has 0 radical (unpaired) electrons. The van der Waals surface area contributed by atoms with Gasteiger partial charge in [0.05, 0.1) is 12.8 Å². The summed E-state index contributed by atoms with van der Waals surface area (Å²) < 4.78 is 10.1. The number of amides is 1. The number of methoxy groups -OCH3 is 1. The van der Waals surface area contributed by atoms with Crippen molar-refractivity contribution in [3.8, 4) is 11.5 Å². The Labute approximate surface area is 128 Å². The van der Waals surface area contributed by atoms with Crippen molar-refractivity contribution in [2.45, 2.75) is 39.2 Å². The van der Waals surface area contributed by atoms with E-state index < -0.39 is 17.7 Å². The largest absolute Gasteiger partial charge is 0.503 e. The molecule has 0 atom stereocenters. The molecule has 1 amide bonds. The van der Waals surface area contributed by atoms with Gasteiger partial charge in [-0.2, -0.15) is 0 Å². The number of hydrogen-bond acceptors (Lipinski definition) is 5. The fraction of sp³-hybridized carbons (Fsp3) is 0.467. The van der Waals surface area contributed by atoms with E-state index in [2.05, 4.69) is 5.32 Å². The summed E-state index contributed by atoms with van der Waals surface area (Å²) >= 11 is 0. The lowest BCUT2D eigenvalue weighted by Gasteiger charge is -2.20. The highest BCUT2D eigenvalue weighted by molar-refractivity contribution is 5.88. The van der Waals surface area contributed by atoms with Crippen LogP contribution in [0.5, 0.6) is 11.5 Å². The van der Waals surface area contributed by atoms with E-state index in [0.717, 1.165) is 0 Å². The van der Waals surface area contributed by atoms with Gasteiger partial charge in [0.15, 0.2) is 11.5 Å². The zero-order valence-corrected chi connectivity index (χ0v) is 13.1. The Morgan fingerprint density at radius 1 is 1.27 bits per heavy atom. The van der Waals surface area contributed by atoms with Gasteiger partial charge in [-0.3, -0.25) is 10.1 Å². The Morgan fingerprint density at radius 3 is 2.41 bits per heavy atom. The summed E-state index contributed by atoms with van der Waals surface area (Å²) in [6.07, 6.45) is -0.547. The van der Waals surface area contributed by atoms with Crippen LogP contribution in [0.3, 0.4) is 0 Å². The molecule has 3 N–H and O–H groups in total. The van der Waals surface area contributed by atoms with Crippen LogP contribution in [0.4, 0.5) is 10.5 Å². The van der Waals surface area contributed by atoms with Crippen molar-refractivity contribution in [2.75, 3.05) is 12.4 Å². The fourth-order valence-corrected chi connectivity index (χ4v) is 1.72. The highest BCUT2D eigenvalue weighted by atomic mass is 16.6. The van der Waals surface area contributed by atoms with Crippen molar-refractivity contribution in [3.05, 3.63) is 17.7 Å². The second-order valence-electron chi connectivity index (χ2n) is 5.71. The summed E-state index contributed by atoms with van der Waals surface area (Å²) in [5.74, 6) is -1.03. The third kappa shape index (κ3) is 5.51. The van der Waals surface area contributed by atoms with Gasteiger partial charge in [0.1, 0.15) is 5.60 Å². The van der Waals surface area contributed by atoms with E-state index in [0.29, 0.717) is 5.56 Å². The van der Waals surface area contributed by atoms with Gasteiger partial charge in [0, 0.05) is 6.42 Å². The zero-order valence-electron chi connectivity index (χ0n) is 13.1. The molecule has 0 aliphatic heterocycles. The van der Waals surface area contributed by atoms with E-state index in [1.807, 2.05) is 0 Å². The lowest BCUT2D eigenvalue weighted by Crippen LogP contribution is -2.27. The quantitative estimate of drug-likeness (QED) is 0.722. The number of nitrogens with one attached hydrogen (secondary N) is 1. The van der Waals surface area contributed by atoms with Crippen molar-refractivity contribution in [1.82, 2.24) is 0 Å². The minimum Gasteiger partial charge on any atom is -0.503 e. The van der Waals surface area contributed by atoms with E-state index in [-0.39, 0.29) is 30.0 Å². The third-order valence-corrected chi connectivity index (χ3v) is 2.62. The number of aromatic hydroxyl groups is 1. The fourth-order valence-electron chi connectivity index (χ4n) is 1.72. The standard InChI is InChI=1S/C15H21NO6/c1-15(2,3)22-14(20)16-10-7-9(5-6-12(17)18)8-11(21-4)13(10)19/h7-8,19H,5-6H2,1-4H3,(H,16,20)(H,17,18). The van der Waals surface area contributed by atoms with Gasteiger partial charge >= 0.3 is 12.1 Å². The summed E-state index contributed by atoms with van der Waals surface area (Å²) in [5.41, 5.74) is 0.0436. The van der Waals surface area contributed by atoms with Crippen molar-refractivity contribution in [3.63, 3.8) is 0 Å². The van der Waals surface area contributed by atoms with Crippen molar-refractivity contribution >= 4 is 17.7 Å². The Kier molecular flexibility index (Phi) is 5.62. The molecule has 7 heteroatoms. The van der Waals surface area contributed by atoms with E-state index >= 15 is 0 Å². The minimum atomic E-state index is -0.936. The number of phenolic OH excluding ortho intramolecular Hbond substituents is 1. The number of aliphatic carboxylic acids is 1. The van der Waals surface area contributed by atoms with Crippen LogP contribution >= 0.6 is 0 Å². The maximum Gasteiger partial charge on any atom is 0.412 e. The van der Waals surface area contributed by atoms with E-state index in [1.165, 1.54) is 19.2 Å². The monoisotopic (exact) mass is 311 g/mol. The maximum absolute atomic E-state index is 11.8. The first-order valence-corrected chi connectivity index (χ1v) is 6.74. The van der Waals surface area contributed by atoms with Gasteiger partial charge < -0.3 is 19.7 Å². The molecule has 22 heavy (non-hydrogen) atoms. The van der Waals surface area contributed by atoms with Gasteiger partial charge in [0.25, 0.3) is 0 Å². The number of phenols is 1. The van der Waals surface area contributed by atoms with Gasteiger partial charge in [-0.15, -0.1) is 0 Å². The first-order chi connectivity index (χ1) is 10.1. The van der Waals surface area contributed by atoms with E-state index in [9.17, 15) is 14.7 Å². The Balaban J connectivity index is 2.99. The van der Waals surface area contributed by atoms with Gasteiger partial charge in [0.2, 0.25) is 0 Å². The number of ether oxygens (including phenoxy) is 2. The van der Waals surface area contributed by atoms with Crippen LogP contribution < -0.4 is 10.1 Å². The SMILES string of the molecule is COc1cc(CCC(=O)O)cc(NC(=O)OC(C)(C)C)c1O. The lowest BCUT2D eigenvalue weighted by molar-refractivity contribution is -0.136. The maximum atomic E-state index is 11.8. The molecular formula is C15H21NO6. The molecule has 1 rings (SSSR count). The topological polar surface area (TPSA) is 105 Å². The smallest absolute Gasteiger partial charge is 0.412 e. The second kappa shape index (κ2) is 7.02. The zero-order chi connectivity index (χ0) is 16.9. The summed E-state index contributed by atoms with van der Waals surface area (Å²) in [5, 5.41) is 21.2. The number of hydrogen-bond donors (Lipinski definition) is 3. The molecule has 7 nitrogen and oxygen atoms in total. The highest BCUT2D eigenvalue weighted by Crippen LogP contribution is 2.36. The van der Waals surface area contributed by atoms with Crippen LogP contribution in [-0.4, -0.2) is 35.0 Å². The lowest BCUT2D eigenvalue weighted by atomic mass is 10.1. The number of carboxylic acids is 1. The van der Waals surface area contributed by atoms with Crippen LogP contribution in [0.1, 0.15) is 32.8 Å². The number of rotatable bonds is 5. The van der Waals surface area contributed by atoms with E-state index in [1.54, 1.807) is 20.8 Å². The molecule has 0 spiro atoms. The van der Waals surface area contributed by atoms with Crippen molar-refractivity contribution in [2.24, 2.45) is 0 Å². The highest BCUT2D eigenvalue weighted by Gasteiger charge is 2.19. The number of carbonyl (C=O) groups excluding carboxylic acids is 1. The molecule has 0 bridgehead atoms. The Bertz CT molecular complexity index is 562. The molecule has 0 fully saturated rings. The second-order valence-corrected chi connectivity index (χ2v) is 5.71. The van der Waals surface area contributed by atoms with Crippen LogP contribution in [-0.2, 0) is 16.0 Å². The summed E-state index contributed by atoms with van der Waals surface area (Å²) in [4.78, 5) is 22.4. The van der Waals surface area contributed by atoms with Gasteiger partial charge in [-0.25, -0.2) is 4.79 Å². The first-order valence-electron chi connectivity index (χ1n) is 6.74. The first kappa shape index (κ1) is 17.6. The number of aryl methyl sites for hydroxylation is 1. The Hall–Kier alpha value is -2.44. The number of anilines is 1. The van der Waals surface area contributed by atoms with Crippen molar-refractivity contribution in [1.29, 1.82) is 0 Å². The molecule has 122 valence electrons. The molecule has 1 aromatic carbocycles. The predicted molar refractivity (Wildman–Crippen MR) is 80.5 cm³/mol. The Morgan fingerprint density at radius 2 is 1.91 bits per heavy atom. The summed E-state index contributed by atoms with van der Waals surface area (Å²) in [7, 11) is 1.37. The normalized spacial score (nSPS) is 10.9. The third-order valence-electron chi connectivity index (χ3n) is 2.62. The molecule has 1 aromatic rings. The molecule has 0 unspecified atom stereocenters.